The van der Waals surface area contributed by atoms with E-state index in [1.165, 1.54) is 11.8 Å². The Morgan fingerprint density at radius 3 is 2.62 bits per heavy atom. The van der Waals surface area contributed by atoms with Gasteiger partial charge in [-0.3, -0.25) is 24.6 Å². The lowest BCUT2D eigenvalue weighted by atomic mass is 9.87. The summed E-state index contributed by atoms with van der Waals surface area (Å²) in [6, 6.07) is 8.44. The molecule has 3 fully saturated rings. The lowest BCUT2D eigenvalue weighted by Gasteiger charge is -2.40. The van der Waals surface area contributed by atoms with Gasteiger partial charge in [-0.25, -0.2) is 4.98 Å². The average molecular weight is 499 g/mol. The van der Waals surface area contributed by atoms with Crippen LogP contribution in [0.25, 0.3) is 5.70 Å². The standard InChI is InChI=1S/C28H26N4O5/c33-20-8-6-18(29-14-20)5-2-12-37-21-15-31(16-21)19-7-9-22-23(13-19)28(36)32(26(22)17-3-1-4-17)24-10-11-25(34)30-27(24)35/h6-9,13-14,21,24,33H,1,3-4,10-12,15-16H2,(H,30,34,35). The number of allylic oxidation sites excluding steroid dienone is 1. The number of fused-ring (bicyclic) bond motifs is 1. The summed E-state index contributed by atoms with van der Waals surface area (Å²) in [6.07, 6.45) is 4.88. The van der Waals surface area contributed by atoms with Crippen molar-refractivity contribution in [1.82, 2.24) is 15.2 Å². The molecule has 2 aromatic rings. The van der Waals surface area contributed by atoms with Crippen molar-refractivity contribution in [2.24, 2.45) is 0 Å². The van der Waals surface area contributed by atoms with E-state index in [0.717, 1.165) is 36.2 Å². The van der Waals surface area contributed by atoms with Crippen LogP contribution in [0.15, 0.2) is 42.1 Å². The Labute approximate surface area is 214 Å². The average Bonchev–Trinajstić information content (AvgIpc) is 3.09. The van der Waals surface area contributed by atoms with Gasteiger partial charge in [-0.2, -0.15) is 0 Å². The van der Waals surface area contributed by atoms with Gasteiger partial charge >= 0.3 is 0 Å². The van der Waals surface area contributed by atoms with Gasteiger partial charge in [0.1, 0.15) is 24.1 Å². The number of nitrogens with zero attached hydrogens (tertiary/aromatic N) is 3. The maximum Gasteiger partial charge on any atom is 0.259 e. The summed E-state index contributed by atoms with van der Waals surface area (Å²) in [4.78, 5) is 45.7. The predicted molar refractivity (Wildman–Crippen MR) is 134 cm³/mol. The van der Waals surface area contributed by atoms with Crippen LogP contribution >= 0.6 is 0 Å². The van der Waals surface area contributed by atoms with E-state index < -0.39 is 11.9 Å². The Hall–Kier alpha value is -4.16. The van der Waals surface area contributed by atoms with Gasteiger partial charge in [-0.1, -0.05) is 12.0 Å². The first-order valence-corrected chi connectivity index (χ1v) is 12.5. The van der Waals surface area contributed by atoms with E-state index in [1.54, 1.807) is 17.0 Å². The topological polar surface area (TPSA) is 112 Å². The monoisotopic (exact) mass is 498 g/mol. The van der Waals surface area contributed by atoms with E-state index in [1.807, 2.05) is 18.2 Å². The number of carbonyl (C=O) groups excluding carboxylic acids is 3. The molecule has 1 atom stereocenters. The third kappa shape index (κ3) is 4.34. The van der Waals surface area contributed by atoms with E-state index in [9.17, 15) is 19.5 Å². The Morgan fingerprint density at radius 1 is 1.08 bits per heavy atom. The molecule has 1 aromatic carbocycles. The first-order chi connectivity index (χ1) is 18.0. The van der Waals surface area contributed by atoms with Crippen molar-refractivity contribution in [3.05, 3.63) is 58.9 Å². The third-order valence-electron chi connectivity index (χ3n) is 7.33. The van der Waals surface area contributed by atoms with Gasteiger partial charge in [-0.15, -0.1) is 0 Å². The third-order valence-corrected chi connectivity index (χ3v) is 7.33. The highest BCUT2D eigenvalue weighted by molar-refractivity contribution is 6.13. The van der Waals surface area contributed by atoms with Crippen LogP contribution in [0.1, 0.15) is 53.7 Å². The highest BCUT2D eigenvalue weighted by Crippen LogP contribution is 2.44. The van der Waals surface area contributed by atoms with E-state index in [2.05, 4.69) is 27.0 Å². The molecule has 4 heterocycles. The second-order valence-electron chi connectivity index (χ2n) is 9.72. The molecule has 6 rings (SSSR count). The van der Waals surface area contributed by atoms with E-state index >= 15 is 0 Å². The number of carbonyl (C=O) groups is 3. The number of aromatic nitrogens is 1. The Kier molecular flexibility index (Phi) is 5.89. The molecule has 0 radical (unpaired) electrons. The molecule has 1 saturated carbocycles. The lowest BCUT2D eigenvalue weighted by molar-refractivity contribution is -0.136. The van der Waals surface area contributed by atoms with Crippen LogP contribution in [0.4, 0.5) is 5.69 Å². The minimum absolute atomic E-state index is 0.0404. The maximum atomic E-state index is 13.6. The fourth-order valence-electron chi connectivity index (χ4n) is 5.15. The Balaban J connectivity index is 1.13. The Morgan fingerprint density at radius 2 is 1.92 bits per heavy atom. The fourth-order valence-corrected chi connectivity index (χ4v) is 5.15. The van der Waals surface area contributed by atoms with Crippen molar-refractivity contribution in [2.75, 3.05) is 24.6 Å². The molecule has 3 aliphatic heterocycles. The van der Waals surface area contributed by atoms with Crippen molar-refractivity contribution in [1.29, 1.82) is 0 Å². The van der Waals surface area contributed by atoms with Crippen LogP contribution in [-0.4, -0.2) is 64.6 Å². The molecular weight excluding hydrogens is 472 g/mol. The van der Waals surface area contributed by atoms with Crippen LogP contribution in [-0.2, 0) is 14.3 Å². The smallest absolute Gasteiger partial charge is 0.259 e. The number of aromatic hydroxyl groups is 1. The van der Waals surface area contributed by atoms with Crippen molar-refractivity contribution >= 4 is 29.1 Å². The second-order valence-corrected chi connectivity index (χ2v) is 9.72. The van der Waals surface area contributed by atoms with Crippen molar-refractivity contribution in [3.63, 3.8) is 0 Å². The number of ether oxygens (including phenoxy) is 1. The Bertz CT molecular complexity index is 1380. The van der Waals surface area contributed by atoms with Crippen LogP contribution in [0.5, 0.6) is 5.75 Å². The van der Waals surface area contributed by atoms with Crippen LogP contribution in [0.3, 0.4) is 0 Å². The molecule has 9 heteroatoms. The van der Waals surface area contributed by atoms with Gasteiger partial charge in [0.15, 0.2) is 0 Å². The lowest BCUT2D eigenvalue weighted by Crippen LogP contribution is -2.52. The number of rotatable bonds is 4. The number of piperidine rings is 1. The van der Waals surface area contributed by atoms with Crippen molar-refractivity contribution in [2.45, 2.75) is 44.2 Å². The number of hydrogen-bond acceptors (Lipinski definition) is 7. The molecule has 4 aliphatic rings. The van der Waals surface area contributed by atoms with E-state index in [-0.39, 0.29) is 36.7 Å². The molecule has 0 spiro atoms. The molecular formula is C28H26N4O5. The van der Waals surface area contributed by atoms with Crippen LogP contribution in [0.2, 0.25) is 0 Å². The zero-order chi connectivity index (χ0) is 25.5. The minimum Gasteiger partial charge on any atom is -0.506 e. The quantitative estimate of drug-likeness (QED) is 0.491. The summed E-state index contributed by atoms with van der Waals surface area (Å²) < 4.78 is 5.83. The first-order valence-electron chi connectivity index (χ1n) is 12.5. The molecule has 9 nitrogen and oxygen atoms in total. The molecule has 0 bridgehead atoms. The molecule has 2 saturated heterocycles. The van der Waals surface area contributed by atoms with Gasteiger partial charge in [0.2, 0.25) is 11.8 Å². The summed E-state index contributed by atoms with van der Waals surface area (Å²) in [5.41, 5.74) is 5.05. The summed E-state index contributed by atoms with van der Waals surface area (Å²) in [7, 11) is 0. The summed E-state index contributed by atoms with van der Waals surface area (Å²) >= 11 is 0. The van der Waals surface area contributed by atoms with Crippen LogP contribution < -0.4 is 10.2 Å². The fraction of sp³-hybridized carbons (Fsp3) is 0.357. The van der Waals surface area contributed by atoms with Gasteiger partial charge < -0.3 is 14.7 Å². The highest BCUT2D eigenvalue weighted by Gasteiger charge is 2.44. The maximum absolute atomic E-state index is 13.6. The number of benzene rings is 1. The molecule has 37 heavy (non-hydrogen) atoms. The number of anilines is 1. The normalized spacial score (nSPS) is 21.2. The number of nitrogens with one attached hydrogen (secondary N) is 1. The zero-order valence-electron chi connectivity index (χ0n) is 20.2. The van der Waals surface area contributed by atoms with E-state index in [0.29, 0.717) is 30.8 Å². The largest absolute Gasteiger partial charge is 0.506 e. The van der Waals surface area contributed by atoms with Gasteiger partial charge in [0.05, 0.1) is 23.6 Å². The summed E-state index contributed by atoms with van der Waals surface area (Å²) in [5, 5.41) is 11.7. The molecule has 1 aromatic heterocycles. The molecule has 1 unspecified atom stereocenters. The molecule has 2 N–H and O–H groups in total. The van der Waals surface area contributed by atoms with Gasteiger partial charge in [0.25, 0.3) is 5.91 Å². The minimum atomic E-state index is -0.663. The number of pyridine rings is 1. The van der Waals surface area contributed by atoms with Crippen LogP contribution in [0, 0.1) is 11.8 Å². The summed E-state index contributed by atoms with van der Waals surface area (Å²) in [6.45, 7) is 1.66. The summed E-state index contributed by atoms with van der Waals surface area (Å²) in [5.74, 6) is 5.08. The molecule has 188 valence electrons. The zero-order valence-corrected chi connectivity index (χ0v) is 20.2. The van der Waals surface area contributed by atoms with Crippen molar-refractivity contribution < 1.29 is 24.2 Å². The SMILES string of the molecule is O=C1CCC(N2C(=O)c3cc(N4CC(OCC#Cc5ccc(O)cn5)C4)ccc3C2=C2CCC2)C(=O)N1. The highest BCUT2D eigenvalue weighted by atomic mass is 16.5. The number of hydrogen-bond donors (Lipinski definition) is 2. The number of imide groups is 1. The van der Waals surface area contributed by atoms with E-state index in [4.69, 9.17) is 4.74 Å². The molecule has 3 amide bonds. The molecule has 1 aliphatic carbocycles. The van der Waals surface area contributed by atoms with Gasteiger partial charge in [-0.05, 0) is 61.4 Å². The second kappa shape index (κ2) is 9.37. The van der Waals surface area contributed by atoms with Crippen molar-refractivity contribution in [3.8, 4) is 17.6 Å². The first kappa shape index (κ1) is 23.3. The van der Waals surface area contributed by atoms with Gasteiger partial charge in [0, 0.05) is 30.8 Å². The number of amides is 3. The predicted octanol–water partition coefficient (Wildman–Crippen LogP) is 2.20.